The van der Waals surface area contributed by atoms with Gasteiger partial charge in [-0.25, -0.2) is 8.42 Å². The molecule has 0 aliphatic carbocycles. The van der Waals surface area contributed by atoms with Gasteiger partial charge in [0.25, 0.3) is 5.91 Å². The molecule has 2 aliphatic heterocycles. The van der Waals surface area contributed by atoms with Crippen LogP contribution < -0.4 is 14.3 Å². The number of amides is 1. The number of carbonyl (C=O) groups excluding carboxylic acids is 1. The molecular weight excluding hydrogens is 522 g/mol. The minimum Gasteiger partial charge on any atom is -0.486 e. The van der Waals surface area contributed by atoms with E-state index in [0.717, 1.165) is 22.2 Å². The van der Waals surface area contributed by atoms with Crippen LogP contribution in [0.5, 0.6) is 11.5 Å². The first kappa shape index (κ1) is 24.8. The normalized spacial score (nSPS) is 16.0. The van der Waals surface area contributed by atoms with Crippen molar-refractivity contribution in [3.8, 4) is 11.5 Å². The summed E-state index contributed by atoms with van der Waals surface area (Å²) in [6, 6.07) is 17.8. The number of hydrogen-bond acceptors (Lipinski definition) is 6. The predicted octanol–water partition coefficient (Wildman–Crippen LogP) is 4.37. The number of aromatic nitrogens is 1. The number of ether oxygens (including phenoxy) is 2. The number of fused-ring (bicyclic) bond motifs is 3. The lowest BCUT2D eigenvalue weighted by molar-refractivity contribution is 0.0997. The van der Waals surface area contributed by atoms with Crippen molar-refractivity contribution in [3.05, 3.63) is 82.2 Å². The van der Waals surface area contributed by atoms with Gasteiger partial charge in [-0.3, -0.25) is 4.79 Å². The van der Waals surface area contributed by atoms with E-state index in [-0.39, 0.29) is 4.90 Å². The van der Waals surface area contributed by atoms with E-state index in [1.165, 1.54) is 45.5 Å². The Bertz CT molecular complexity index is 1700. The summed E-state index contributed by atoms with van der Waals surface area (Å²) in [6.45, 7) is 4.55. The number of sulfonamides is 1. The second kappa shape index (κ2) is 10.0. The van der Waals surface area contributed by atoms with E-state index in [1.807, 2.05) is 41.0 Å². The number of benzene rings is 3. The largest absolute Gasteiger partial charge is 0.486 e. The van der Waals surface area contributed by atoms with Crippen LogP contribution in [0, 0.1) is 0 Å². The molecule has 1 amide bonds. The Labute approximate surface area is 224 Å². The van der Waals surface area contributed by atoms with Gasteiger partial charge in [-0.1, -0.05) is 42.5 Å². The first-order valence-corrected chi connectivity index (χ1v) is 14.9. The fraction of sp³-hybridized carbons (Fsp3) is 0.286. The Balaban J connectivity index is 1.28. The van der Waals surface area contributed by atoms with E-state index in [1.54, 1.807) is 0 Å². The van der Waals surface area contributed by atoms with E-state index in [0.29, 0.717) is 61.1 Å². The molecule has 0 N–H and O–H groups in total. The number of hydrogen-bond donors (Lipinski definition) is 0. The molecule has 0 atom stereocenters. The van der Waals surface area contributed by atoms with Gasteiger partial charge in [0.05, 0.1) is 15.1 Å². The van der Waals surface area contributed by atoms with Crippen molar-refractivity contribution in [2.45, 2.75) is 37.8 Å². The predicted molar refractivity (Wildman–Crippen MR) is 145 cm³/mol. The SMILES string of the molecule is CCCn1c(=NC(=O)c2ccc(S(=O)(=O)N3CCc4ccccc4C3)cc2)sc2cc3c(cc21)OCCO3. The third kappa shape index (κ3) is 4.53. The van der Waals surface area contributed by atoms with Gasteiger partial charge in [-0.15, -0.1) is 0 Å². The zero-order chi connectivity index (χ0) is 26.3. The molecule has 0 spiro atoms. The Morgan fingerprint density at radius 3 is 2.45 bits per heavy atom. The van der Waals surface area contributed by atoms with Crippen molar-refractivity contribution >= 4 is 37.5 Å². The third-order valence-electron chi connectivity index (χ3n) is 6.83. The maximum Gasteiger partial charge on any atom is 0.279 e. The quantitative estimate of drug-likeness (QED) is 0.369. The van der Waals surface area contributed by atoms with Gasteiger partial charge in [0, 0.05) is 37.3 Å². The van der Waals surface area contributed by atoms with Crippen molar-refractivity contribution in [2.24, 2.45) is 4.99 Å². The van der Waals surface area contributed by atoms with Gasteiger partial charge in [-0.05, 0) is 48.2 Å². The summed E-state index contributed by atoms with van der Waals surface area (Å²) in [5, 5.41) is 0. The molecule has 0 unspecified atom stereocenters. The Morgan fingerprint density at radius 2 is 1.71 bits per heavy atom. The Kier molecular flexibility index (Phi) is 6.55. The fourth-order valence-electron chi connectivity index (χ4n) is 4.88. The molecule has 6 rings (SSSR count). The first-order chi connectivity index (χ1) is 18.4. The second-order valence-corrected chi connectivity index (χ2v) is 12.2. The number of aryl methyl sites for hydroxylation is 1. The average molecular weight is 550 g/mol. The molecule has 8 nitrogen and oxygen atoms in total. The molecule has 0 fully saturated rings. The van der Waals surface area contributed by atoms with Crippen LogP contribution in [0.2, 0.25) is 0 Å². The smallest absolute Gasteiger partial charge is 0.279 e. The number of nitrogens with zero attached hydrogens (tertiary/aromatic N) is 3. The summed E-state index contributed by atoms with van der Waals surface area (Å²) in [5.41, 5.74) is 3.48. The summed E-state index contributed by atoms with van der Waals surface area (Å²) in [5.74, 6) is 0.966. The van der Waals surface area contributed by atoms with Gasteiger partial charge in [0.2, 0.25) is 10.0 Å². The summed E-state index contributed by atoms with van der Waals surface area (Å²) < 4.78 is 42.5. The average Bonchev–Trinajstić information content (AvgIpc) is 3.27. The molecule has 196 valence electrons. The molecule has 3 aromatic carbocycles. The highest BCUT2D eigenvalue weighted by Gasteiger charge is 2.28. The maximum absolute atomic E-state index is 13.3. The van der Waals surface area contributed by atoms with Crippen LogP contribution in [-0.4, -0.2) is 43.0 Å². The molecule has 1 aromatic heterocycles. The topological polar surface area (TPSA) is 90.2 Å². The molecule has 0 saturated heterocycles. The van der Waals surface area contributed by atoms with Gasteiger partial charge < -0.3 is 14.0 Å². The van der Waals surface area contributed by atoms with Crippen LogP contribution in [-0.2, 0) is 29.5 Å². The molecule has 3 heterocycles. The monoisotopic (exact) mass is 549 g/mol. The Hall–Kier alpha value is -3.47. The fourth-order valence-corrected chi connectivity index (χ4v) is 7.36. The maximum atomic E-state index is 13.3. The second-order valence-electron chi connectivity index (χ2n) is 9.30. The summed E-state index contributed by atoms with van der Waals surface area (Å²) in [7, 11) is -3.68. The molecule has 0 saturated carbocycles. The van der Waals surface area contributed by atoms with Crippen LogP contribution in [0.15, 0.2) is 70.6 Å². The van der Waals surface area contributed by atoms with E-state index in [2.05, 4.69) is 11.9 Å². The summed E-state index contributed by atoms with van der Waals surface area (Å²) in [4.78, 5) is 18.3. The van der Waals surface area contributed by atoms with E-state index >= 15 is 0 Å². The highest BCUT2D eigenvalue weighted by atomic mass is 32.2. The van der Waals surface area contributed by atoms with Crippen LogP contribution >= 0.6 is 11.3 Å². The van der Waals surface area contributed by atoms with Gasteiger partial charge >= 0.3 is 0 Å². The highest BCUT2D eigenvalue weighted by molar-refractivity contribution is 7.89. The van der Waals surface area contributed by atoms with E-state index in [9.17, 15) is 13.2 Å². The van der Waals surface area contributed by atoms with Crippen LogP contribution in [0.3, 0.4) is 0 Å². The summed E-state index contributed by atoms with van der Waals surface area (Å²) >= 11 is 1.42. The molecule has 2 aliphatic rings. The van der Waals surface area contributed by atoms with Crippen molar-refractivity contribution < 1.29 is 22.7 Å². The lowest BCUT2D eigenvalue weighted by atomic mass is 10.0. The summed E-state index contributed by atoms with van der Waals surface area (Å²) in [6.07, 6.45) is 1.55. The number of rotatable bonds is 5. The van der Waals surface area contributed by atoms with Gasteiger partial charge in [0.15, 0.2) is 16.3 Å². The van der Waals surface area contributed by atoms with Gasteiger partial charge in [-0.2, -0.15) is 9.30 Å². The van der Waals surface area contributed by atoms with E-state index in [4.69, 9.17) is 9.47 Å². The van der Waals surface area contributed by atoms with E-state index < -0.39 is 15.9 Å². The molecule has 0 bridgehead atoms. The molecular formula is C28H27N3O5S2. The minimum absolute atomic E-state index is 0.168. The lowest BCUT2D eigenvalue weighted by Gasteiger charge is -2.28. The van der Waals surface area contributed by atoms with Crippen molar-refractivity contribution in [2.75, 3.05) is 19.8 Å². The first-order valence-electron chi connectivity index (χ1n) is 12.6. The van der Waals surface area contributed by atoms with Crippen molar-refractivity contribution in [3.63, 3.8) is 0 Å². The number of thiazole rings is 1. The lowest BCUT2D eigenvalue weighted by Crippen LogP contribution is -2.35. The van der Waals surface area contributed by atoms with Crippen molar-refractivity contribution in [1.29, 1.82) is 0 Å². The molecule has 4 aromatic rings. The van der Waals surface area contributed by atoms with Crippen LogP contribution in [0.4, 0.5) is 0 Å². The van der Waals surface area contributed by atoms with Crippen LogP contribution in [0.1, 0.15) is 34.8 Å². The molecule has 10 heteroatoms. The minimum atomic E-state index is -3.68. The zero-order valence-electron chi connectivity index (χ0n) is 20.9. The van der Waals surface area contributed by atoms with Crippen LogP contribution in [0.25, 0.3) is 10.2 Å². The molecule has 0 radical (unpaired) electrons. The van der Waals surface area contributed by atoms with Gasteiger partial charge in [0.1, 0.15) is 13.2 Å². The number of carbonyl (C=O) groups is 1. The molecule has 38 heavy (non-hydrogen) atoms. The highest BCUT2D eigenvalue weighted by Crippen LogP contribution is 2.35. The third-order valence-corrected chi connectivity index (χ3v) is 9.73. The zero-order valence-corrected chi connectivity index (χ0v) is 22.6. The Morgan fingerprint density at radius 1 is 1.00 bits per heavy atom. The van der Waals surface area contributed by atoms with Crippen molar-refractivity contribution in [1.82, 2.24) is 8.87 Å². The standard InChI is InChI=1S/C28H27N3O5S2/c1-2-12-31-23-16-24-25(36-15-14-35-24)17-26(23)37-28(31)29-27(32)20-7-9-22(10-8-20)38(33,34)30-13-11-19-5-3-4-6-21(19)18-30/h3-10,16-17H,2,11-15,18H2,1H3.